The molecule has 3 heteroatoms. The van der Waals surface area contributed by atoms with Crippen molar-refractivity contribution in [2.45, 2.75) is 26.2 Å². The fourth-order valence-corrected chi connectivity index (χ4v) is 2.80. The minimum Gasteiger partial charge on any atom is -0.454 e. The van der Waals surface area contributed by atoms with E-state index in [1.54, 1.807) is 0 Å². The molecule has 1 fully saturated rings. The van der Waals surface area contributed by atoms with Crippen LogP contribution in [0.1, 0.15) is 31.7 Å². The number of benzene rings is 1. The van der Waals surface area contributed by atoms with Gasteiger partial charge >= 0.3 is 0 Å². The largest absolute Gasteiger partial charge is 0.454 e. The highest BCUT2D eigenvalue weighted by Gasteiger charge is 2.29. The summed E-state index contributed by atoms with van der Waals surface area (Å²) >= 11 is 0. The molecule has 0 spiro atoms. The minimum absolute atomic E-state index is 0.354. The van der Waals surface area contributed by atoms with Crippen LogP contribution < -0.4 is 14.8 Å². The number of fused-ring (bicyclic) bond motifs is 1. The first-order chi connectivity index (χ1) is 8.14. The van der Waals surface area contributed by atoms with Crippen LogP contribution in [0, 0.1) is 5.41 Å². The molecule has 0 bridgehead atoms. The van der Waals surface area contributed by atoms with Crippen LogP contribution in [0.5, 0.6) is 11.5 Å². The molecule has 1 N–H and O–H groups in total. The fraction of sp³-hybridized carbons (Fsp3) is 0.571. The standard InChI is InChI=1S/C14H19NO2/c1-14(2)6-11(7-15-8-14)10-3-4-12-13(5-10)17-9-16-12/h3-5,11,15H,6-9H2,1-2H3. The summed E-state index contributed by atoms with van der Waals surface area (Å²) in [5, 5.41) is 3.52. The molecule has 0 aromatic heterocycles. The SMILES string of the molecule is CC1(C)CNCC(c2ccc3c(c2)OCO3)C1. The number of rotatable bonds is 1. The van der Waals surface area contributed by atoms with Crippen LogP contribution in [0.4, 0.5) is 0 Å². The lowest BCUT2D eigenvalue weighted by Crippen LogP contribution is -2.40. The quantitative estimate of drug-likeness (QED) is 0.808. The molecular weight excluding hydrogens is 214 g/mol. The molecule has 1 unspecified atom stereocenters. The smallest absolute Gasteiger partial charge is 0.231 e. The summed E-state index contributed by atoms with van der Waals surface area (Å²) in [6, 6.07) is 6.33. The first-order valence-corrected chi connectivity index (χ1v) is 6.24. The van der Waals surface area contributed by atoms with Gasteiger partial charge in [0, 0.05) is 13.1 Å². The lowest BCUT2D eigenvalue weighted by Gasteiger charge is -2.36. The first kappa shape index (κ1) is 10.9. The summed E-state index contributed by atoms with van der Waals surface area (Å²) in [7, 11) is 0. The Balaban J connectivity index is 1.84. The van der Waals surface area contributed by atoms with Gasteiger partial charge in [-0.15, -0.1) is 0 Å². The maximum Gasteiger partial charge on any atom is 0.231 e. The molecule has 0 aliphatic carbocycles. The number of ether oxygens (including phenoxy) is 2. The van der Waals surface area contributed by atoms with Crippen molar-refractivity contribution in [1.29, 1.82) is 0 Å². The summed E-state index contributed by atoms with van der Waals surface area (Å²) in [5.74, 6) is 2.34. The molecule has 1 saturated heterocycles. The third-order valence-electron chi connectivity index (χ3n) is 3.66. The molecule has 92 valence electrons. The average Bonchev–Trinajstić information content (AvgIpc) is 2.74. The Labute approximate surface area is 102 Å². The molecule has 2 heterocycles. The van der Waals surface area contributed by atoms with Crippen molar-refractivity contribution in [2.24, 2.45) is 5.41 Å². The van der Waals surface area contributed by atoms with Crippen LogP contribution in [0.2, 0.25) is 0 Å². The van der Waals surface area contributed by atoms with Crippen molar-refractivity contribution in [3.63, 3.8) is 0 Å². The molecule has 3 nitrogen and oxygen atoms in total. The number of hydrogen-bond acceptors (Lipinski definition) is 3. The van der Waals surface area contributed by atoms with E-state index in [1.807, 2.05) is 6.07 Å². The fourth-order valence-electron chi connectivity index (χ4n) is 2.80. The predicted octanol–water partition coefficient (Wildman–Crippen LogP) is 2.52. The molecule has 1 atom stereocenters. The van der Waals surface area contributed by atoms with Crippen molar-refractivity contribution in [3.05, 3.63) is 23.8 Å². The third-order valence-corrected chi connectivity index (χ3v) is 3.66. The van der Waals surface area contributed by atoms with Crippen LogP contribution in [0.25, 0.3) is 0 Å². The van der Waals surface area contributed by atoms with E-state index in [2.05, 4.69) is 31.3 Å². The van der Waals surface area contributed by atoms with Gasteiger partial charge in [-0.25, -0.2) is 0 Å². The summed E-state index contributed by atoms with van der Waals surface area (Å²) in [5.41, 5.74) is 1.73. The molecule has 0 saturated carbocycles. The molecule has 0 amide bonds. The minimum atomic E-state index is 0.354. The van der Waals surface area contributed by atoms with Gasteiger partial charge in [0.05, 0.1) is 0 Å². The van der Waals surface area contributed by atoms with Crippen molar-refractivity contribution < 1.29 is 9.47 Å². The normalized spacial score (nSPS) is 25.9. The second kappa shape index (κ2) is 3.91. The van der Waals surface area contributed by atoms with Gasteiger partial charge in [0.15, 0.2) is 11.5 Å². The van der Waals surface area contributed by atoms with Crippen LogP contribution >= 0.6 is 0 Å². The Hall–Kier alpha value is -1.22. The molecule has 1 aromatic rings. The number of piperidine rings is 1. The van der Waals surface area contributed by atoms with E-state index in [0.717, 1.165) is 24.6 Å². The van der Waals surface area contributed by atoms with Crippen LogP contribution in [-0.2, 0) is 0 Å². The van der Waals surface area contributed by atoms with Gasteiger partial charge in [-0.3, -0.25) is 0 Å². The summed E-state index contributed by atoms with van der Waals surface area (Å²) in [6.07, 6.45) is 1.22. The maximum atomic E-state index is 5.44. The summed E-state index contributed by atoms with van der Waals surface area (Å²) in [6.45, 7) is 7.16. The predicted molar refractivity (Wildman–Crippen MR) is 66.6 cm³/mol. The number of hydrogen-bond donors (Lipinski definition) is 1. The van der Waals surface area contributed by atoms with E-state index in [1.165, 1.54) is 12.0 Å². The van der Waals surface area contributed by atoms with Crippen LogP contribution in [-0.4, -0.2) is 19.9 Å². The second-order valence-corrected chi connectivity index (χ2v) is 5.81. The molecule has 2 aliphatic rings. The Morgan fingerprint density at radius 3 is 2.88 bits per heavy atom. The highest BCUT2D eigenvalue weighted by molar-refractivity contribution is 5.45. The lowest BCUT2D eigenvalue weighted by atomic mass is 9.77. The number of nitrogens with one attached hydrogen (secondary N) is 1. The van der Waals surface area contributed by atoms with Crippen LogP contribution in [0.3, 0.4) is 0 Å². The van der Waals surface area contributed by atoms with Gasteiger partial charge in [0.1, 0.15) is 0 Å². The van der Waals surface area contributed by atoms with Crippen molar-refractivity contribution in [3.8, 4) is 11.5 Å². The summed E-state index contributed by atoms with van der Waals surface area (Å²) < 4.78 is 10.8. The molecule has 1 aromatic carbocycles. The van der Waals surface area contributed by atoms with Gasteiger partial charge in [-0.2, -0.15) is 0 Å². The molecule has 3 rings (SSSR count). The van der Waals surface area contributed by atoms with Gasteiger partial charge in [-0.1, -0.05) is 19.9 Å². The molecule has 17 heavy (non-hydrogen) atoms. The molecule has 0 radical (unpaired) electrons. The van der Waals surface area contributed by atoms with Gasteiger partial charge < -0.3 is 14.8 Å². The third kappa shape index (κ3) is 2.12. The molecule has 2 aliphatic heterocycles. The zero-order chi connectivity index (χ0) is 11.9. The Morgan fingerprint density at radius 2 is 2.06 bits per heavy atom. The second-order valence-electron chi connectivity index (χ2n) is 5.81. The Bertz CT molecular complexity index is 428. The zero-order valence-electron chi connectivity index (χ0n) is 10.5. The monoisotopic (exact) mass is 233 g/mol. The summed E-state index contributed by atoms with van der Waals surface area (Å²) in [4.78, 5) is 0. The Kier molecular flexibility index (Phi) is 2.51. The highest BCUT2D eigenvalue weighted by Crippen LogP contribution is 2.39. The van der Waals surface area contributed by atoms with Gasteiger partial charge in [-0.05, 0) is 35.4 Å². The maximum absolute atomic E-state index is 5.44. The first-order valence-electron chi connectivity index (χ1n) is 6.24. The van der Waals surface area contributed by atoms with Crippen LogP contribution in [0.15, 0.2) is 18.2 Å². The van der Waals surface area contributed by atoms with Crippen molar-refractivity contribution in [1.82, 2.24) is 5.32 Å². The van der Waals surface area contributed by atoms with E-state index >= 15 is 0 Å². The highest BCUT2D eigenvalue weighted by atomic mass is 16.7. The van der Waals surface area contributed by atoms with E-state index in [0.29, 0.717) is 18.1 Å². The van der Waals surface area contributed by atoms with Crippen molar-refractivity contribution >= 4 is 0 Å². The van der Waals surface area contributed by atoms with E-state index in [-0.39, 0.29) is 0 Å². The molecular formula is C14H19NO2. The van der Waals surface area contributed by atoms with E-state index in [4.69, 9.17) is 9.47 Å². The van der Waals surface area contributed by atoms with Gasteiger partial charge in [0.25, 0.3) is 0 Å². The topological polar surface area (TPSA) is 30.5 Å². The Morgan fingerprint density at radius 1 is 1.24 bits per heavy atom. The van der Waals surface area contributed by atoms with Gasteiger partial charge in [0.2, 0.25) is 6.79 Å². The van der Waals surface area contributed by atoms with E-state index in [9.17, 15) is 0 Å². The lowest BCUT2D eigenvalue weighted by molar-refractivity contribution is 0.174. The van der Waals surface area contributed by atoms with E-state index < -0.39 is 0 Å². The zero-order valence-corrected chi connectivity index (χ0v) is 10.5. The average molecular weight is 233 g/mol. The van der Waals surface area contributed by atoms with Crippen molar-refractivity contribution in [2.75, 3.05) is 19.9 Å².